The van der Waals surface area contributed by atoms with Crippen molar-refractivity contribution in [3.8, 4) is 11.3 Å². The van der Waals surface area contributed by atoms with Crippen LogP contribution in [-0.2, 0) is 13.1 Å². The second-order valence-corrected chi connectivity index (χ2v) is 5.48. The lowest BCUT2D eigenvalue weighted by atomic mass is 10.1. The standard InChI is InChI=1S/C19H19FN2O/c1-2-22(13-15-7-6-10-17(20)11-15)14-18-12-19(21-23-18)16-8-4-3-5-9-16/h3-12H,2,13-14H2,1H3. The Morgan fingerprint density at radius 3 is 2.57 bits per heavy atom. The largest absolute Gasteiger partial charge is 0.359 e. The molecule has 0 N–H and O–H groups in total. The molecule has 118 valence electrons. The molecule has 0 saturated heterocycles. The van der Waals surface area contributed by atoms with Crippen molar-refractivity contribution in [2.24, 2.45) is 0 Å². The number of benzene rings is 2. The van der Waals surface area contributed by atoms with Crippen molar-refractivity contribution < 1.29 is 8.91 Å². The Morgan fingerprint density at radius 1 is 1.00 bits per heavy atom. The van der Waals surface area contributed by atoms with Crippen LogP contribution in [0.15, 0.2) is 65.2 Å². The lowest BCUT2D eigenvalue weighted by Gasteiger charge is -2.18. The average Bonchev–Trinajstić information content (AvgIpc) is 3.04. The van der Waals surface area contributed by atoms with Gasteiger partial charge in [0, 0.05) is 18.2 Å². The minimum atomic E-state index is -0.204. The van der Waals surface area contributed by atoms with Crippen molar-refractivity contribution in [1.29, 1.82) is 0 Å². The molecular weight excluding hydrogens is 291 g/mol. The molecule has 0 bridgehead atoms. The summed E-state index contributed by atoms with van der Waals surface area (Å²) in [5.74, 6) is 0.603. The topological polar surface area (TPSA) is 29.3 Å². The zero-order valence-corrected chi connectivity index (χ0v) is 13.1. The molecule has 0 aliphatic rings. The number of aromatic nitrogens is 1. The van der Waals surface area contributed by atoms with E-state index in [1.807, 2.05) is 42.5 Å². The molecule has 0 spiro atoms. The quantitative estimate of drug-likeness (QED) is 0.671. The van der Waals surface area contributed by atoms with Gasteiger partial charge in [0.2, 0.25) is 0 Å². The zero-order chi connectivity index (χ0) is 16.1. The lowest BCUT2D eigenvalue weighted by molar-refractivity contribution is 0.234. The Hall–Kier alpha value is -2.46. The van der Waals surface area contributed by atoms with Gasteiger partial charge >= 0.3 is 0 Å². The third-order valence-corrected chi connectivity index (χ3v) is 3.75. The van der Waals surface area contributed by atoms with E-state index < -0.39 is 0 Å². The highest BCUT2D eigenvalue weighted by molar-refractivity contribution is 5.58. The molecule has 0 radical (unpaired) electrons. The first-order valence-corrected chi connectivity index (χ1v) is 7.72. The molecule has 3 nitrogen and oxygen atoms in total. The van der Waals surface area contributed by atoms with Gasteiger partial charge in [-0.25, -0.2) is 4.39 Å². The monoisotopic (exact) mass is 310 g/mol. The van der Waals surface area contributed by atoms with E-state index in [0.29, 0.717) is 13.1 Å². The van der Waals surface area contributed by atoms with Crippen molar-refractivity contribution in [3.05, 3.63) is 77.8 Å². The third-order valence-electron chi connectivity index (χ3n) is 3.75. The van der Waals surface area contributed by atoms with Crippen LogP contribution in [0.5, 0.6) is 0 Å². The summed E-state index contributed by atoms with van der Waals surface area (Å²) in [6, 6.07) is 18.6. The Balaban J connectivity index is 1.69. The van der Waals surface area contributed by atoms with Gasteiger partial charge in [-0.2, -0.15) is 0 Å². The molecule has 0 fully saturated rings. The number of hydrogen-bond acceptors (Lipinski definition) is 3. The summed E-state index contributed by atoms with van der Waals surface area (Å²) in [6.45, 7) is 4.24. The van der Waals surface area contributed by atoms with Crippen LogP contribution in [0.3, 0.4) is 0 Å². The molecule has 0 atom stereocenters. The molecule has 0 aliphatic carbocycles. The molecule has 0 unspecified atom stereocenters. The fraction of sp³-hybridized carbons (Fsp3) is 0.211. The molecule has 3 rings (SSSR count). The van der Waals surface area contributed by atoms with Crippen LogP contribution in [0.25, 0.3) is 11.3 Å². The Kier molecular flexibility index (Phi) is 4.83. The minimum absolute atomic E-state index is 0.204. The van der Waals surface area contributed by atoms with Gasteiger partial charge in [-0.05, 0) is 24.2 Å². The number of halogens is 1. The highest BCUT2D eigenvalue weighted by Crippen LogP contribution is 2.20. The van der Waals surface area contributed by atoms with Crippen molar-refractivity contribution in [2.45, 2.75) is 20.0 Å². The first kappa shape index (κ1) is 15.4. The minimum Gasteiger partial charge on any atom is -0.359 e. The van der Waals surface area contributed by atoms with Gasteiger partial charge in [0.15, 0.2) is 5.76 Å². The zero-order valence-electron chi connectivity index (χ0n) is 13.1. The maximum absolute atomic E-state index is 13.3. The van der Waals surface area contributed by atoms with Crippen molar-refractivity contribution in [1.82, 2.24) is 10.1 Å². The smallest absolute Gasteiger partial charge is 0.151 e. The average molecular weight is 310 g/mol. The molecule has 0 saturated carbocycles. The van der Waals surface area contributed by atoms with E-state index >= 15 is 0 Å². The third kappa shape index (κ3) is 4.05. The lowest BCUT2D eigenvalue weighted by Crippen LogP contribution is -2.22. The first-order valence-electron chi connectivity index (χ1n) is 7.72. The highest BCUT2D eigenvalue weighted by Gasteiger charge is 2.11. The number of rotatable bonds is 6. The van der Waals surface area contributed by atoms with Crippen LogP contribution >= 0.6 is 0 Å². The Bertz CT molecular complexity index is 755. The van der Waals surface area contributed by atoms with E-state index in [-0.39, 0.29) is 5.82 Å². The Labute approximate surface area is 135 Å². The van der Waals surface area contributed by atoms with E-state index in [1.54, 1.807) is 12.1 Å². The summed E-state index contributed by atoms with van der Waals surface area (Å²) in [5.41, 5.74) is 2.83. The molecule has 0 aliphatic heterocycles. The molecule has 0 amide bonds. The summed E-state index contributed by atoms with van der Waals surface area (Å²) in [4.78, 5) is 2.18. The van der Waals surface area contributed by atoms with Crippen molar-refractivity contribution in [3.63, 3.8) is 0 Å². The highest BCUT2D eigenvalue weighted by atomic mass is 19.1. The maximum atomic E-state index is 13.3. The number of nitrogens with zero attached hydrogens (tertiary/aromatic N) is 2. The van der Waals surface area contributed by atoms with E-state index in [0.717, 1.165) is 29.1 Å². The molecule has 23 heavy (non-hydrogen) atoms. The van der Waals surface area contributed by atoms with Crippen LogP contribution in [0, 0.1) is 5.82 Å². The van der Waals surface area contributed by atoms with Crippen LogP contribution in [0.2, 0.25) is 0 Å². The van der Waals surface area contributed by atoms with E-state index in [1.165, 1.54) is 6.07 Å². The molecule has 3 aromatic rings. The van der Waals surface area contributed by atoms with Crippen LogP contribution in [0.4, 0.5) is 4.39 Å². The fourth-order valence-electron chi connectivity index (χ4n) is 2.53. The summed E-state index contributed by atoms with van der Waals surface area (Å²) in [5, 5.41) is 4.13. The second-order valence-electron chi connectivity index (χ2n) is 5.48. The van der Waals surface area contributed by atoms with Crippen LogP contribution in [0.1, 0.15) is 18.2 Å². The summed E-state index contributed by atoms with van der Waals surface area (Å²) >= 11 is 0. The van der Waals surface area contributed by atoms with Gasteiger partial charge in [0.1, 0.15) is 11.5 Å². The predicted molar refractivity (Wildman–Crippen MR) is 88.1 cm³/mol. The maximum Gasteiger partial charge on any atom is 0.151 e. The molecular formula is C19H19FN2O. The van der Waals surface area contributed by atoms with Crippen molar-refractivity contribution in [2.75, 3.05) is 6.54 Å². The van der Waals surface area contributed by atoms with E-state index in [9.17, 15) is 4.39 Å². The first-order chi connectivity index (χ1) is 11.2. The van der Waals surface area contributed by atoms with E-state index in [2.05, 4.69) is 17.0 Å². The SMILES string of the molecule is CCN(Cc1cccc(F)c1)Cc1cc(-c2ccccc2)no1. The van der Waals surface area contributed by atoms with E-state index in [4.69, 9.17) is 4.52 Å². The predicted octanol–water partition coefficient (Wildman–Crippen LogP) is 4.50. The van der Waals surface area contributed by atoms with Gasteiger partial charge < -0.3 is 4.52 Å². The van der Waals surface area contributed by atoms with Gasteiger partial charge in [-0.15, -0.1) is 0 Å². The fourth-order valence-corrected chi connectivity index (χ4v) is 2.53. The number of hydrogen-bond donors (Lipinski definition) is 0. The van der Waals surface area contributed by atoms with Gasteiger partial charge in [-0.1, -0.05) is 54.5 Å². The normalized spacial score (nSPS) is 11.1. The molecule has 4 heteroatoms. The Morgan fingerprint density at radius 2 is 1.83 bits per heavy atom. The summed E-state index contributed by atoms with van der Waals surface area (Å²) in [6.07, 6.45) is 0. The van der Waals surface area contributed by atoms with Gasteiger partial charge in [0.25, 0.3) is 0 Å². The van der Waals surface area contributed by atoms with Gasteiger partial charge in [-0.3, -0.25) is 4.90 Å². The van der Waals surface area contributed by atoms with Crippen LogP contribution < -0.4 is 0 Å². The van der Waals surface area contributed by atoms with Gasteiger partial charge in [0.05, 0.1) is 6.54 Å². The molecule has 1 aromatic heterocycles. The molecule has 2 aromatic carbocycles. The van der Waals surface area contributed by atoms with Crippen LogP contribution in [-0.4, -0.2) is 16.6 Å². The molecule has 1 heterocycles. The second kappa shape index (κ2) is 7.20. The summed E-state index contributed by atoms with van der Waals surface area (Å²) in [7, 11) is 0. The summed E-state index contributed by atoms with van der Waals surface area (Å²) < 4.78 is 18.7. The van der Waals surface area contributed by atoms with Crippen molar-refractivity contribution >= 4 is 0 Å².